The van der Waals surface area contributed by atoms with Crippen LogP contribution in [0.1, 0.15) is 11.1 Å². The Morgan fingerprint density at radius 2 is 1.97 bits per heavy atom. The number of aromatic nitrogens is 2. The maximum absolute atomic E-state index is 12.5. The first-order valence-electron chi connectivity index (χ1n) is 10.2. The summed E-state index contributed by atoms with van der Waals surface area (Å²) < 4.78 is 6.78. The molecule has 9 heteroatoms. The number of benzene rings is 3. The second kappa shape index (κ2) is 10.2. The Hall–Kier alpha value is -3.85. The van der Waals surface area contributed by atoms with Crippen molar-refractivity contribution in [1.82, 2.24) is 9.78 Å². The number of hydrogen-bond donors (Lipinski definition) is 1. The van der Waals surface area contributed by atoms with E-state index in [0.717, 1.165) is 21.9 Å². The van der Waals surface area contributed by atoms with Crippen LogP contribution in [0.2, 0.25) is 0 Å². The van der Waals surface area contributed by atoms with Crippen LogP contribution in [0.5, 0.6) is 5.75 Å². The predicted octanol–water partition coefficient (Wildman–Crippen LogP) is 4.87. The molecule has 0 radical (unpaired) electrons. The minimum absolute atomic E-state index is 0.0858. The first kappa shape index (κ1) is 22.3. The normalized spacial score (nSPS) is 10.8. The molecule has 0 fully saturated rings. The third-order valence-corrected chi connectivity index (χ3v) is 6.13. The van der Waals surface area contributed by atoms with E-state index in [1.54, 1.807) is 29.1 Å². The van der Waals surface area contributed by atoms with Gasteiger partial charge in [-0.2, -0.15) is 5.10 Å². The van der Waals surface area contributed by atoms with Crippen LogP contribution in [0.15, 0.2) is 72.9 Å². The van der Waals surface area contributed by atoms with Crippen LogP contribution in [0.25, 0.3) is 10.8 Å². The van der Waals surface area contributed by atoms with Crippen LogP contribution in [0.3, 0.4) is 0 Å². The van der Waals surface area contributed by atoms with E-state index >= 15 is 0 Å². The molecule has 0 saturated heterocycles. The van der Waals surface area contributed by atoms with Gasteiger partial charge < -0.3 is 10.1 Å². The van der Waals surface area contributed by atoms with Gasteiger partial charge in [-0.15, -0.1) is 11.8 Å². The topological polar surface area (TPSA) is 99.3 Å². The van der Waals surface area contributed by atoms with Crippen molar-refractivity contribution in [1.29, 1.82) is 0 Å². The number of amides is 1. The molecule has 0 bridgehead atoms. The maximum Gasteiger partial charge on any atom is 0.311 e. The van der Waals surface area contributed by atoms with E-state index in [1.165, 1.54) is 24.9 Å². The third-order valence-electron chi connectivity index (χ3n) is 5.13. The van der Waals surface area contributed by atoms with Gasteiger partial charge in [0.15, 0.2) is 5.75 Å². The number of nitrogens with one attached hydrogen (secondary N) is 1. The summed E-state index contributed by atoms with van der Waals surface area (Å²) in [7, 11) is 1.39. The summed E-state index contributed by atoms with van der Waals surface area (Å²) in [6.45, 7) is 0.534. The van der Waals surface area contributed by atoms with Gasteiger partial charge in [0.1, 0.15) is 5.82 Å². The first-order valence-corrected chi connectivity index (χ1v) is 11.4. The van der Waals surface area contributed by atoms with Gasteiger partial charge in [0.05, 0.1) is 30.5 Å². The number of anilines is 1. The van der Waals surface area contributed by atoms with Crippen LogP contribution < -0.4 is 10.1 Å². The third kappa shape index (κ3) is 5.32. The molecular weight excluding hydrogens is 440 g/mol. The number of rotatable bonds is 9. The molecule has 1 N–H and O–H groups in total. The van der Waals surface area contributed by atoms with Crippen molar-refractivity contribution in [3.63, 3.8) is 0 Å². The zero-order valence-corrected chi connectivity index (χ0v) is 18.7. The Kier molecular flexibility index (Phi) is 6.89. The number of nitro benzene ring substituents is 1. The summed E-state index contributed by atoms with van der Waals surface area (Å²) >= 11 is 1.38. The Labute approximate surface area is 194 Å². The smallest absolute Gasteiger partial charge is 0.311 e. The molecule has 0 aliphatic heterocycles. The molecule has 4 aromatic rings. The van der Waals surface area contributed by atoms with Crippen molar-refractivity contribution in [3.8, 4) is 5.75 Å². The van der Waals surface area contributed by atoms with Crippen molar-refractivity contribution in [3.05, 3.63) is 94.2 Å². The summed E-state index contributed by atoms with van der Waals surface area (Å²) in [5.74, 6) is 1.34. The fraction of sp³-hybridized carbons (Fsp3) is 0.167. The second-order valence-electron chi connectivity index (χ2n) is 7.32. The number of fused-ring (bicyclic) bond motifs is 1. The largest absolute Gasteiger partial charge is 0.490 e. The molecule has 0 saturated carbocycles. The van der Waals surface area contributed by atoms with Gasteiger partial charge in [0.2, 0.25) is 5.91 Å². The standard InChI is InChI=1S/C24H22N4O4S/c1-32-22-10-9-17(13-21(22)28(30)31)15-33-16-24(29)26-23-11-12-25-27(23)14-19-7-4-6-18-5-2-3-8-20(18)19/h2-13H,14-16H2,1H3,(H,26,29). The lowest BCUT2D eigenvalue weighted by Gasteiger charge is -2.11. The molecule has 1 amide bonds. The monoisotopic (exact) mass is 462 g/mol. The molecule has 0 aliphatic rings. The van der Waals surface area contributed by atoms with Crippen molar-refractivity contribution in [2.75, 3.05) is 18.2 Å². The number of ether oxygens (including phenoxy) is 1. The average Bonchev–Trinajstić information content (AvgIpc) is 3.25. The van der Waals surface area contributed by atoms with Crippen LogP contribution in [-0.4, -0.2) is 33.5 Å². The minimum Gasteiger partial charge on any atom is -0.490 e. The molecule has 0 unspecified atom stereocenters. The molecule has 4 rings (SSSR count). The van der Waals surface area contributed by atoms with E-state index in [0.29, 0.717) is 18.1 Å². The van der Waals surface area contributed by atoms with Gasteiger partial charge in [0, 0.05) is 17.9 Å². The summed E-state index contributed by atoms with van der Waals surface area (Å²) in [6.07, 6.45) is 1.66. The van der Waals surface area contributed by atoms with E-state index in [-0.39, 0.29) is 23.1 Å². The lowest BCUT2D eigenvalue weighted by molar-refractivity contribution is -0.385. The van der Waals surface area contributed by atoms with Crippen LogP contribution in [0.4, 0.5) is 11.5 Å². The van der Waals surface area contributed by atoms with Crippen molar-refractivity contribution in [2.45, 2.75) is 12.3 Å². The lowest BCUT2D eigenvalue weighted by Crippen LogP contribution is -2.18. The van der Waals surface area contributed by atoms with Crippen LogP contribution >= 0.6 is 11.8 Å². The molecule has 168 valence electrons. The molecule has 1 heterocycles. The number of nitro groups is 1. The minimum atomic E-state index is -0.475. The fourth-order valence-electron chi connectivity index (χ4n) is 3.57. The van der Waals surface area contributed by atoms with Crippen LogP contribution in [0, 0.1) is 10.1 Å². The number of nitrogens with zero attached hydrogens (tertiary/aromatic N) is 3. The van der Waals surface area contributed by atoms with Gasteiger partial charge in [-0.05, 0) is 28.0 Å². The Bertz CT molecular complexity index is 1300. The molecule has 0 aliphatic carbocycles. The molecule has 3 aromatic carbocycles. The maximum atomic E-state index is 12.5. The quantitative estimate of drug-likeness (QED) is 0.281. The summed E-state index contributed by atoms with van der Waals surface area (Å²) in [4.78, 5) is 23.2. The lowest BCUT2D eigenvalue weighted by atomic mass is 10.0. The molecule has 33 heavy (non-hydrogen) atoms. The summed E-state index contributed by atoms with van der Waals surface area (Å²) in [5.41, 5.74) is 1.78. The zero-order chi connectivity index (χ0) is 23.2. The highest BCUT2D eigenvalue weighted by Gasteiger charge is 2.15. The Morgan fingerprint density at radius 1 is 1.15 bits per heavy atom. The second-order valence-corrected chi connectivity index (χ2v) is 8.30. The highest BCUT2D eigenvalue weighted by atomic mass is 32.2. The van der Waals surface area contributed by atoms with Gasteiger partial charge in [-0.25, -0.2) is 4.68 Å². The summed E-state index contributed by atoms with van der Waals surface area (Å²) in [6, 6.07) is 20.9. The van der Waals surface area contributed by atoms with Gasteiger partial charge in [-0.1, -0.05) is 48.5 Å². The molecular formula is C24H22N4O4S. The number of carbonyl (C=O) groups excluding carboxylic acids is 1. The zero-order valence-electron chi connectivity index (χ0n) is 17.9. The fourth-order valence-corrected chi connectivity index (χ4v) is 4.34. The Morgan fingerprint density at radius 3 is 2.79 bits per heavy atom. The van der Waals surface area contributed by atoms with Crippen molar-refractivity contribution in [2.24, 2.45) is 0 Å². The van der Waals surface area contributed by atoms with E-state index in [4.69, 9.17) is 4.74 Å². The first-order chi connectivity index (χ1) is 16.0. The van der Waals surface area contributed by atoms with Gasteiger partial charge in [-0.3, -0.25) is 14.9 Å². The number of hydrogen-bond acceptors (Lipinski definition) is 6. The molecule has 0 spiro atoms. The molecule has 0 atom stereocenters. The Balaban J connectivity index is 1.36. The number of carbonyl (C=O) groups is 1. The highest BCUT2D eigenvalue weighted by Crippen LogP contribution is 2.29. The number of methoxy groups -OCH3 is 1. The van der Waals surface area contributed by atoms with E-state index in [2.05, 4.69) is 34.7 Å². The van der Waals surface area contributed by atoms with Crippen LogP contribution in [-0.2, 0) is 17.1 Å². The SMILES string of the molecule is COc1ccc(CSCC(=O)Nc2ccnn2Cc2cccc3ccccc23)cc1[N+](=O)[O-]. The van der Waals surface area contributed by atoms with E-state index in [1.807, 2.05) is 18.2 Å². The summed E-state index contributed by atoms with van der Waals surface area (Å²) in [5, 5.41) is 20.7. The van der Waals surface area contributed by atoms with Crippen molar-refractivity contribution < 1.29 is 14.5 Å². The number of thioether (sulfide) groups is 1. The van der Waals surface area contributed by atoms with Gasteiger partial charge >= 0.3 is 5.69 Å². The highest BCUT2D eigenvalue weighted by molar-refractivity contribution is 7.99. The molecule has 1 aromatic heterocycles. The van der Waals surface area contributed by atoms with Gasteiger partial charge in [0.25, 0.3) is 0 Å². The molecule has 8 nitrogen and oxygen atoms in total. The van der Waals surface area contributed by atoms with E-state index in [9.17, 15) is 14.9 Å². The average molecular weight is 463 g/mol. The predicted molar refractivity (Wildman–Crippen MR) is 130 cm³/mol. The van der Waals surface area contributed by atoms with E-state index < -0.39 is 4.92 Å². The van der Waals surface area contributed by atoms with Crippen molar-refractivity contribution >= 4 is 39.9 Å².